The van der Waals surface area contributed by atoms with Crippen LogP contribution in [0.3, 0.4) is 0 Å². The van der Waals surface area contributed by atoms with Gasteiger partial charge in [0.1, 0.15) is 5.82 Å². The molecule has 21 heavy (non-hydrogen) atoms. The molecule has 0 aromatic heterocycles. The highest BCUT2D eigenvalue weighted by Crippen LogP contribution is 2.13. The fourth-order valence-electron chi connectivity index (χ4n) is 1.77. The van der Waals surface area contributed by atoms with E-state index >= 15 is 0 Å². The molecule has 2 N–H and O–H groups in total. The van der Waals surface area contributed by atoms with Crippen molar-refractivity contribution in [1.29, 1.82) is 0 Å². The van der Waals surface area contributed by atoms with Gasteiger partial charge in [-0.2, -0.15) is 0 Å². The van der Waals surface area contributed by atoms with Crippen LogP contribution in [0.2, 0.25) is 0 Å². The first-order valence-electron chi connectivity index (χ1n) is 6.48. The van der Waals surface area contributed by atoms with E-state index in [2.05, 4.69) is 27.8 Å². The SMILES string of the molecule is NCC#Cc1cc(COCc2ccc(Br)cc2)ccc1F. The van der Waals surface area contributed by atoms with Gasteiger partial charge in [-0.15, -0.1) is 0 Å². The predicted octanol–water partition coefficient (Wildman–Crippen LogP) is 3.62. The summed E-state index contributed by atoms with van der Waals surface area (Å²) < 4.78 is 20.2. The molecule has 0 saturated heterocycles. The lowest BCUT2D eigenvalue weighted by molar-refractivity contribution is 0.107. The van der Waals surface area contributed by atoms with Crippen molar-refractivity contribution in [3.05, 3.63) is 69.4 Å². The second-order valence-electron chi connectivity index (χ2n) is 4.44. The Morgan fingerprint density at radius 1 is 1.05 bits per heavy atom. The number of halogens is 2. The quantitative estimate of drug-likeness (QED) is 0.857. The number of nitrogens with two attached hydrogens (primary N) is 1. The third-order valence-electron chi connectivity index (χ3n) is 2.81. The van der Waals surface area contributed by atoms with Crippen molar-refractivity contribution in [2.75, 3.05) is 6.54 Å². The van der Waals surface area contributed by atoms with Crippen LogP contribution in [0.5, 0.6) is 0 Å². The average Bonchev–Trinajstić information content (AvgIpc) is 2.49. The van der Waals surface area contributed by atoms with Crippen LogP contribution in [0.4, 0.5) is 4.39 Å². The minimum Gasteiger partial charge on any atom is -0.372 e. The lowest BCUT2D eigenvalue weighted by Crippen LogP contribution is -1.97. The maximum Gasteiger partial charge on any atom is 0.138 e. The van der Waals surface area contributed by atoms with Gasteiger partial charge in [0.05, 0.1) is 25.3 Å². The molecule has 2 aromatic carbocycles. The summed E-state index contributed by atoms with van der Waals surface area (Å²) in [6, 6.07) is 12.7. The van der Waals surface area contributed by atoms with Gasteiger partial charge in [-0.3, -0.25) is 0 Å². The topological polar surface area (TPSA) is 35.2 Å². The molecule has 2 aromatic rings. The van der Waals surface area contributed by atoms with Gasteiger partial charge in [-0.1, -0.05) is 46.0 Å². The van der Waals surface area contributed by atoms with Gasteiger partial charge >= 0.3 is 0 Å². The summed E-state index contributed by atoms with van der Waals surface area (Å²) in [4.78, 5) is 0. The highest BCUT2D eigenvalue weighted by atomic mass is 79.9. The maximum atomic E-state index is 13.5. The summed E-state index contributed by atoms with van der Waals surface area (Å²) >= 11 is 3.39. The number of ether oxygens (including phenoxy) is 1. The second-order valence-corrected chi connectivity index (χ2v) is 5.36. The largest absolute Gasteiger partial charge is 0.372 e. The number of hydrogen-bond donors (Lipinski definition) is 1. The predicted molar refractivity (Wildman–Crippen MR) is 85.0 cm³/mol. The van der Waals surface area contributed by atoms with Crippen molar-refractivity contribution >= 4 is 15.9 Å². The van der Waals surface area contributed by atoms with E-state index < -0.39 is 0 Å². The van der Waals surface area contributed by atoms with Crippen LogP contribution in [0.1, 0.15) is 16.7 Å². The zero-order valence-electron chi connectivity index (χ0n) is 11.4. The molecule has 2 rings (SSSR count). The molecule has 0 unspecified atom stereocenters. The normalized spacial score (nSPS) is 10.0. The third kappa shape index (κ3) is 4.98. The monoisotopic (exact) mass is 347 g/mol. The summed E-state index contributed by atoms with van der Waals surface area (Å²) in [6.07, 6.45) is 0. The lowest BCUT2D eigenvalue weighted by Gasteiger charge is -2.06. The molecule has 0 fully saturated rings. The van der Waals surface area contributed by atoms with Crippen LogP contribution in [0, 0.1) is 17.7 Å². The minimum atomic E-state index is -0.340. The van der Waals surface area contributed by atoms with Crippen LogP contribution in [0.15, 0.2) is 46.9 Å². The standard InChI is InChI=1S/C17H15BrFNO/c18-16-6-3-13(4-7-16)11-21-12-14-5-8-17(19)15(10-14)2-1-9-20/h3-8,10H,9,11-12,20H2. The van der Waals surface area contributed by atoms with Gasteiger partial charge in [0.2, 0.25) is 0 Å². The molecule has 4 heteroatoms. The van der Waals surface area contributed by atoms with E-state index in [1.807, 2.05) is 24.3 Å². The van der Waals surface area contributed by atoms with Crippen molar-refractivity contribution in [3.63, 3.8) is 0 Å². The van der Waals surface area contributed by atoms with Crippen LogP contribution in [-0.4, -0.2) is 6.54 Å². The van der Waals surface area contributed by atoms with Crippen molar-refractivity contribution in [2.24, 2.45) is 5.73 Å². The Morgan fingerprint density at radius 2 is 1.71 bits per heavy atom. The van der Waals surface area contributed by atoms with Gasteiger partial charge in [-0.05, 0) is 35.4 Å². The number of hydrogen-bond acceptors (Lipinski definition) is 2. The van der Waals surface area contributed by atoms with Crippen molar-refractivity contribution in [1.82, 2.24) is 0 Å². The molecule has 0 aliphatic heterocycles. The molecular weight excluding hydrogens is 333 g/mol. The maximum absolute atomic E-state index is 13.5. The number of benzene rings is 2. The zero-order valence-corrected chi connectivity index (χ0v) is 13.0. The number of rotatable bonds is 4. The first kappa shape index (κ1) is 15.7. The fourth-order valence-corrected chi connectivity index (χ4v) is 2.04. The Bertz CT molecular complexity index is 659. The van der Waals surface area contributed by atoms with Gasteiger partial charge < -0.3 is 10.5 Å². The van der Waals surface area contributed by atoms with Crippen molar-refractivity contribution in [3.8, 4) is 11.8 Å². The van der Waals surface area contributed by atoms with Gasteiger partial charge in [0, 0.05) is 4.47 Å². The zero-order chi connectivity index (χ0) is 15.1. The van der Waals surface area contributed by atoms with Gasteiger partial charge in [0.25, 0.3) is 0 Å². The molecule has 0 heterocycles. The molecule has 0 aliphatic carbocycles. The Kier molecular flexibility index (Phi) is 5.94. The Morgan fingerprint density at radius 3 is 2.43 bits per heavy atom. The summed E-state index contributed by atoms with van der Waals surface area (Å²) in [7, 11) is 0. The Labute approximate surface area is 132 Å². The first-order chi connectivity index (χ1) is 10.2. The molecule has 0 bridgehead atoms. The molecular formula is C17H15BrFNO. The molecule has 0 spiro atoms. The molecule has 0 aliphatic rings. The van der Waals surface area contributed by atoms with E-state index in [9.17, 15) is 4.39 Å². The van der Waals surface area contributed by atoms with E-state index in [-0.39, 0.29) is 12.4 Å². The molecule has 0 radical (unpaired) electrons. The molecule has 0 saturated carbocycles. The second kappa shape index (κ2) is 7.94. The summed E-state index contributed by atoms with van der Waals surface area (Å²) in [6.45, 7) is 1.13. The van der Waals surface area contributed by atoms with E-state index in [0.717, 1.165) is 15.6 Å². The van der Waals surface area contributed by atoms with E-state index in [1.165, 1.54) is 6.07 Å². The fraction of sp³-hybridized carbons (Fsp3) is 0.176. The van der Waals surface area contributed by atoms with E-state index in [4.69, 9.17) is 10.5 Å². The van der Waals surface area contributed by atoms with Crippen molar-refractivity contribution in [2.45, 2.75) is 13.2 Å². The average molecular weight is 348 g/mol. The van der Waals surface area contributed by atoms with Crippen LogP contribution < -0.4 is 5.73 Å². The smallest absolute Gasteiger partial charge is 0.138 e. The summed E-state index contributed by atoms with van der Waals surface area (Å²) in [5, 5.41) is 0. The molecule has 2 nitrogen and oxygen atoms in total. The van der Waals surface area contributed by atoms with Crippen LogP contribution in [0.25, 0.3) is 0 Å². The first-order valence-corrected chi connectivity index (χ1v) is 7.28. The Balaban J connectivity index is 1.95. The highest BCUT2D eigenvalue weighted by Gasteiger charge is 2.02. The minimum absolute atomic E-state index is 0.212. The molecule has 0 amide bonds. The summed E-state index contributed by atoms with van der Waals surface area (Å²) in [5.74, 6) is 5.03. The molecule has 0 atom stereocenters. The van der Waals surface area contributed by atoms with E-state index in [1.54, 1.807) is 12.1 Å². The highest BCUT2D eigenvalue weighted by molar-refractivity contribution is 9.10. The van der Waals surface area contributed by atoms with E-state index in [0.29, 0.717) is 18.8 Å². The third-order valence-corrected chi connectivity index (χ3v) is 3.34. The van der Waals surface area contributed by atoms with Crippen LogP contribution in [-0.2, 0) is 18.0 Å². The molecule has 108 valence electrons. The van der Waals surface area contributed by atoms with Crippen molar-refractivity contribution < 1.29 is 9.13 Å². The summed E-state index contributed by atoms with van der Waals surface area (Å²) in [5.41, 5.74) is 7.62. The van der Waals surface area contributed by atoms with Crippen LogP contribution >= 0.6 is 15.9 Å². The lowest BCUT2D eigenvalue weighted by atomic mass is 10.1. The van der Waals surface area contributed by atoms with Gasteiger partial charge in [-0.25, -0.2) is 4.39 Å². The Hall–Kier alpha value is -1.67. The van der Waals surface area contributed by atoms with Gasteiger partial charge in [0.15, 0.2) is 0 Å².